The normalized spacial score (nSPS) is 12.2. The van der Waals surface area contributed by atoms with Crippen LogP contribution in [0.3, 0.4) is 0 Å². The standard InChI is InChI=1S/C49H44F3N3O5S/c1-47(2,3)60-46(59)55-42(32-61-48(35-18-10-5-11-19-35,36-20-12-6-13-21-36)37-22-14-7-15-23-37)45(58)53-39-28-29-41(40(31-39)44(57)34-16-8-4-9-17-34)54-43(56)30-33-24-26-38(27-25-33)49(50,51)52/h4-29,31,42H,30,32H2,1-3H3,(H,53,58)(H,54,56)(H,55,59)/t42-/m0/s1. The summed E-state index contributed by atoms with van der Waals surface area (Å²) in [4.78, 5) is 54.9. The fraction of sp³-hybridized carbons (Fsp3) is 0.184. The lowest BCUT2D eigenvalue weighted by Crippen LogP contribution is -2.48. The highest BCUT2D eigenvalue weighted by Gasteiger charge is 2.39. The molecule has 12 heteroatoms. The number of carbonyl (C=O) groups excluding carboxylic acids is 4. The molecule has 0 bridgehead atoms. The Balaban J connectivity index is 1.32. The Bertz CT molecular complexity index is 2350. The molecule has 3 amide bonds. The highest BCUT2D eigenvalue weighted by Crippen LogP contribution is 2.48. The maximum atomic E-state index is 14.4. The van der Waals surface area contributed by atoms with E-state index < -0.39 is 51.8 Å². The van der Waals surface area contributed by atoms with Gasteiger partial charge in [-0.05, 0) is 73.4 Å². The molecule has 0 radical (unpaired) electrons. The lowest BCUT2D eigenvalue weighted by atomic mass is 9.84. The maximum Gasteiger partial charge on any atom is 0.416 e. The van der Waals surface area contributed by atoms with Crippen LogP contribution in [0.5, 0.6) is 0 Å². The average molecular weight is 844 g/mol. The van der Waals surface area contributed by atoms with E-state index >= 15 is 0 Å². The number of ether oxygens (including phenoxy) is 1. The van der Waals surface area contributed by atoms with Gasteiger partial charge in [0.05, 0.1) is 22.4 Å². The molecule has 0 heterocycles. The molecule has 0 aliphatic carbocycles. The largest absolute Gasteiger partial charge is 0.444 e. The van der Waals surface area contributed by atoms with Crippen molar-refractivity contribution in [3.8, 4) is 0 Å². The molecule has 6 rings (SSSR count). The number of carbonyl (C=O) groups is 4. The van der Waals surface area contributed by atoms with Gasteiger partial charge in [0.1, 0.15) is 11.6 Å². The summed E-state index contributed by atoms with van der Waals surface area (Å²) in [5.41, 5.74) is 2.18. The Morgan fingerprint density at radius 3 is 1.62 bits per heavy atom. The second kappa shape index (κ2) is 19.2. The zero-order chi connectivity index (χ0) is 43.6. The molecule has 6 aromatic carbocycles. The first kappa shape index (κ1) is 43.9. The number of hydrogen-bond acceptors (Lipinski definition) is 6. The van der Waals surface area contributed by atoms with Crippen molar-refractivity contribution in [2.75, 3.05) is 16.4 Å². The first-order chi connectivity index (χ1) is 29.1. The number of anilines is 2. The highest BCUT2D eigenvalue weighted by molar-refractivity contribution is 8.00. The van der Waals surface area contributed by atoms with E-state index in [2.05, 4.69) is 16.0 Å². The van der Waals surface area contributed by atoms with Crippen LogP contribution in [0.25, 0.3) is 0 Å². The predicted molar refractivity (Wildman–Crippen MR) is 234 cm³/mol. The van der Waals surface area contributed by atoms with Crippen LogP contribution in [-0.4, -0.2) is 41.1 Å². The fourth-order valence-electron chi connectivity index (χ4n) is 6.69. The van der Waals surface area contributed by atoms with Gasteiger partial charge in [0.25, 0.3) is 0 Å². The quantitative estimate of drug-likeness (QED) is 0.0743. The third-order valence-corrected chi connectivity index (χ3v) is 11.1. The third kappa shape index (κ3) is 11.3. The number of halogens is 3. The zero-order valence-electron chi connectivity index (χ0n) is 33.7. The van der Waals surface area contributed by atoms with E-state index in [0.29, 0.717) is 11.1 Å². The molecular weight excluding hydrogens is 800 g/mol. The summed E-state index contributed by atoms with van der Waals surface area (Å²) in [6, 6.07) is 45.5. The molecule has 0 saturated heterocycles. The van der Waals surface area contributed by atoms with Crippen LogP contribution in [-0.2, 0) is 31.7 Å². The molecule has 0 saturated carbocycles. The van der Waals surface area contributed by atoms with Crippen LogP contribution < -0.4 is 16.0 Å². The Labute approximate surface area is 356 Å². The topological polar surface area (TPSA) is 114 Å². The Hall–Kier alpha value is -6.66. The summed E-state index contributed by atoms with van der Waals surface area (Å²) in [6.07, 6.45) is -5.59. The monoisotopic (exact) mass is 843 g/mol. The van der Waals surface area contributed by atoms with Gasteiger partial charge in [0, 0.05) is 22.6 Å². The van der Waals surface area contributed by atoms with E-state index in [1.165, 1.54) is 42.1 Å². The maximum absolute atomic E-state index is 14.4. The van der Waals surface area contributed by atoms with Gasteiger partial charge in [-0.1, -0.05) is 133 Å². The number of alkyl carbamates (subject to hydrolysis) is 1. The predicted octanol–water partition coefficient (Wildman–Crippen LogP) is 10.7. The molecule has 1 atom stereocenters. The molecule has 0 spiro atoms. The van der Waals surface area contributed by atoms with Crippen LogP contribution in [0.15, 0.2) is 164 Å². The van der Waals surface area contributed by atoms with Crippen molar-refractivity contribution < 1.29 is 37.1 Å². The molecule has 0 aliphatic heterocycles. The minimum atomic E-state index is -4.52. The number of hydrogen-bond donors (Lipinski definition) is 3. The third-order valence-electron chi connectivity index (χ3n) is 9.50. The number of alkyl halides is 3. The molecule has 0 aliphatic rings. The van der Waals surface area contributed by atoms with Crippen LogP contribution in [0, 0.1) is 0 Å². The van der Waals surface area contributed by atoms with Crippen LogP contribution in [0.1, 0.15) is 64.5 Å². The summed E-state index contributed by atoms with van der Waals surface area (Å²) in [7, 11) is 0. The Kier molecular flexibility index (Phi) is 13.8. The smallest absolute Gasteiger partial charge is 0.416 e. The number of ketones is 1. The number of amides is 3. The second-order valence-corrected chi connectivity index (χ2v) is 16.4. The summed E-state index contributed by atoms with van der Waals surface area (Å²) in [5.74, 6) is -1.56. The van der Waals surface area contributed by atoms with Crippen molar-refractivity contribution in [2.24, 2.45) is 0 Å². The van der Waals surface area contributed by atoms with E-state index in [9.17, 15) is 32.3 Å². The summed E-state index contributed by atoms with van der Waals surface area (Å²) in [5, 5.41) is 8.36. The van der Waals surface area contributed by atoms with E-state index in [-0.39, 0.29) is 29.1 Å². The lowest BCUT2D eigenvalue weighted by molar-refractivity contribution is -0.137. The van der Waals surface area contributed by atoms with E-state index in [1.54, 1.807) is 51.1 Å². The Morgan fingerprint density at radius 1 is 0.623 bits per heavy atom. The van der Waals surface area contributed by atoms with Gasteiger partial charge >= 0.3 is 12.3 Å². The minimum absolute atomic E-state index is 0.0482. The van der Waals surface area contributed by atoms with Crippen molar-refractivity contribution >= 4 is 46.8 Å². The lowest BCUT2D eigenvalue weighted by Gasteiger charge is -2.36. The molecule has 61 heavy (non-hydrogen) atoms. The van der Waals surface area contributed by atoms with E-state index in [0.717, 1.165) is 28.8 Å². The van der Waals surface area contributed by atoms with Gasteiger partial charge in [0.15, 0.2) is 5.78 Å². The van der Waals surface area contributed by atoms with Gasteiger partial charge in [-0.25, -0.2) is 4.79 Å². The SMILES string of the molecule is CC(C)(C)OC(=O)N[C@@H](CSC(c1ccccc1)(c1ccccc1)c1ccccc1)C(=O)Nc1ccc(NC(=O)Cc2ccc(C(F)(F)F)cc2)c(C(=O)c2ccccc2)c1. The van der Waals surface area contributed by atoms with Gasteiger partial charge < -0.3 is 20.7 Å². The number of benzene rings is 6. The number of rotatable bonds is 14. The van der Waals surface area contributed by atoms with Gasteiger partial charge in [-0.15, -0.1) is 11.8 Å². The molecule has 3 N–H and O–H groups in total. The molecule has 312 valence electrons. The highest BCUT2D eigenvalue weighted by atomic mass is 32.2. The number of thioether (sulfide) groups is 1. The molecule has 0 fully saturated rings. The summed E-state index contributed by atoms with van der Waals surface area (Å²) in [6.45, 7) is 5.16. The minimum Gasteiger partial charge on any atom is -0.444 e. The summed E-state index contributed by atoms with van der Waals surface area (Å²) < 4.78 is 44.1. The van der Waals surface area contributed by atoms with Crippen LogP contribution >= 0.6 is 11.8 Å². The fourth-order valence-corrected chi connectivity index (χ4v) is 8.25. The van der Waals surface area contributed by atoms with Crippen molar-refractivity contribution in [1.29, 1.82) is 0 Å². The second-order valence-electron chi connectivity index (χ2n) is 15.2. The van der Waals surface area contributed by atoms with Crippen molar-refractivity contribution in [3.05, 3.63) is 203 Å². The van der Waals surface area contributed by atoms with Crippen LogP contribution in [0.4, 0.5) is 29.3 Å². The van der Waals surface area contributed by atoms with E-state index in [4.69, 9.17) is 4.74 Å². The number of nitrogens with one attached hydrogen (secondary N) is 3. The van der Waals surface area contributed by atoms with E-state index in [1.807, 2.05) is 91.0 Å². The molecular formula is C49H44F3N3O5S. The van der Waals surface area contributed by atoms with Crippen molar-refractivity contribution in [1.82, 2.24) is 5.32 Å². The van der Waals surface area contributed by atoms with Gasteiger partial charge in [-0.3, -0.25) is 14.4 Å². The molecule has 0 aromatic heterocycles. The van der Waals surface area contributed by atoms with Crippen LogP contribution in [0.2, 0.25) is 0 Å². The first-order valence-corrected chi connectivity index (χ1v) is 20.4. The van der Waals surface area contributed by atoms with Crippen molar-refractivity contribution in [2.45, 2.75) is 49.8 Å². The van der Waals surface area contributed by atoms with Gasteiger partial charge in [-0.2, -0.15) is 13.2 Å². The average Bonchev–Trinajstić information content (AvgIpc) is 3.24. The molecule has 6 aromatic rings. The molecule has 8 nitrogen and oxygen atoms in total. The summed E-state index contributed by atoms with van der Waals surface area (Å²) >= 11 is 1.46. The van der Waals surface area contributed by atoms with Gasteiger partial charge in [0.2, 0.25) is 11.8 Å². The Morgan fingerprint density at radius 2 is 1.13 bits per heavy atom. The molecule has 0 unspecified atom stereocenters. The first-order valence-electron chi connectivity index (χ1n) is 19.4. The van der Waals surface area contributed by atoms with Crippen molar-refractivity contribution in [3.63, 3.8) is 0 Å². The zero-order valence-corrected chi connectivity index (χ0v) is 34.5.